The van der Waals surface area contributed by atoms with Gasteiger partial charge in [0.05, 0.1) is 6.61 Å². The topological polar surface area (TPSA) is 38.3 Å². The smallest absolute Gasteiger partial charge is 0.224 e. The molecular weight excluding hydrogens is 322 g/mol. The predicted octanol–water partition coefficient (Wildman–Crippen LogP) is 5.92. The molecule has 0 atom stereocenters. The Morgan fingerprint density at radius 1 is 0.923 bits per heavy atom. The molecule has 26 heavy (non-hydrogen) atoms. The molecule has 140 valence electrons. The summed E-state index contributed by atoms with van der Waals surface area (Å²) in [5.74, 6) is 0.921. The zero-order valence-corrected chi connectivity index (χ0v) is 16.1. The molecule has 2 rings (SSSR count). The van der Waals surface area contributed by atoms with Gasteiger partial charge in [-0.15, -0.1) is 0 Å². The van der Waals surface area contributed by atoms with Gasteiger partial charge < -0.3 is 10.1 Å². The van der Waals surface area contributed by atoms with Gasteiger partial charge in [0, 0.05) is 12.1 Å². The van der Waals surface area contributed by atoms with E-state index in [2.05, 4.69) is 43.4 Å². The van der Waals surface area contributed by atoms with Gasteiger partial charge in [-0.1, -0.05) is 56.0 Å². The molecule has 0 fully saturated rings. The van der Waals surface area contributed by atoms with E-state index in [-0.39, 0.29) is 5.91 Å². The van der Waals surface area contributed by atoms with Gasteiger partial charge in [-0.25, -0.2) is 0 Å². The summed E-state index contributed by atoms with van der Waals surface area (Å²) in [6.07, 6.45) is 7.12. The highest BCUT2D eigenvalue weighted by Gasteiger charge is 2.03. The Balaban J connectivity index is 1.65. The Morgan fingerprint density at radius 2 is 1.65 bits per heavy atom. The zero-order valence-electron chi connectivity index (χ0n) is 16.1. The van der Waals surface area contributed by atoms with Crippen LogP contribution in [0.5, 0.6) is 5.75 Å². The predicted molar refractivity (Wildman–Crippen MR) is 109 cm³/mol. The van der Waals surface area contributed by atoms with E-state index in [1.165, 1.54) is 30.4 Å². The van der Waals surface area contributed by atoms with Crippen LogP contribution < -0.4 is 10.1 Å². The summed E-state index contributed by atoms with van der Waals surface area (Å²) < 4.78 is 5.72. The fourth-order valence-corrected chi connectivity index (χ4v) is 2.78. The molecule has 1 amide bonds. The lowest BCUT2D eigenvalue weighted by atomic mass is 10.1. The number of ether oxygens (including phenoxy) is 1. The van der Waals surface area contributed by atoms with Crippen LogP contribution in [0, 0.1) is 6.92 Å². The molecule has 1 N–H and O–H groups in total. The Hall–Kier alpha value is -2.29. The summed E-state index contributed by atoms with van der Waals surface area (Å²) in [6.45, 7) is 5.04. The number of carbonyl (C=O) groups is 1. The third kappa shape index (κ3) is 7.73. The molecule has 0 heterocycles. The van der Waals surface area contributed by atoms with E-state index in [1.54, 1.807) is 0 Å². The van der Waals surface area contributed by atoms with Crippen LogP contribution in [0.1, 0.15) is 56.6 Å². The van der Waals surface area contributed by atoms with Crippen LogP contribution in [-0.2, 0) is 11.2 Å². The summed E-state index contributed by atoms with van der Waals surface area (Å²) in [4.78, 5) is 12.1. The molecule has 0 aliphatic heterocycles. The summed E-state index contributed by atoms with van der Waals surface area (Å²) in [7, 11) is 0. The molecule has 0 spiro atoms. The molecule has 0 aliphatic carbocycles. The number of carbonyl (C=O) groups excluding carboxylic acids is 1. The molecule has 0 saturated carbocycles. The molecule has 0 radical (unpaired) electrons. The van der Waals surface area contributed by atoms with E-state index < -0.39 is 0 Å². The van der Waals surface area contributed by atoms with E-state index in [9.17, 15) is 4.79 Å². The minimum Gasteiger partial charge on any atom is -0.494 e. The van der Waals surface area contributed by atoms with Crippen LogP contribution in [0.15, 0.2) is 48.5 Å². The van der Waals surface area contributed by atoms with Gasteiger partial charge >= 0.3 is 0 Å². The number of unbranched alkanes of at least 4 members (excludes halogenated alkanes) is 3. The van der Waals surface area contributed by atoms with Crippen molar-refractivity contribution in [3.8, 4) is 5.75 Å². The van der Waals surface area contributed by atoms with Gasteiger partial charge in [-0.05, 0) is 56.0 Å². The van der Waals surface area contributed by atoms with Gasteiger partial charge in [0.15, 0.2) is 0 Å². The lowest BCUT2D eigenvalue weighted by molar-refractivity contribution is -0.116. The normalized spacial score (nSPS) is 10.5. The number of benzene rings is 2. The molecule has 0 aromatic heterocycles. The van der Waals surface area contributed by atoms with Crippen LogP contribution in [0.4, 0.5) is 5.69 Å². The van der Waals surface area contributed by atoms with Gasteiger partial charge in [0.25, 0.3) is 0 Å². The van der Waals surface area contributed by atoms with E-state index in [1.807, 2.05) is 24.3 Å². The highest BCUT2D eigenvalue weighted by atomic mass is 16.5. The molecule has 0 saturated heterocycles. The number of aryl methyl sites for hydroxylation is 2. The van der Waals surface area contributed by atoms with Crippen LogP contribution in [0.25, 0.3) is 0 Å². The number of amides is 1. The Labute approximate surface area is 157 Å². The van der Waals surface area contributed by atoms with Crippen LogP contribution in [0.3, 0.4) is 0 Å². The molecule has 3 nitrogen and oxygen atoms in total. The lowest BCUT2D eigenvalue weighted by Gasteiger charge is -2.08. The fourth-order valence-electron chi connectivity index (χ4n) is 2.78. The molecular formula is C23H31NO2. The van der Waals surface area contributed by atoms with Gasteiger partial charge in [0.2, 0.25) is 5.91 Å². The monoisotopic (exact) mass is 353 g/mol. The van der Waals surface area contributed by atoms with Gasteiger partial charge in [-0.2, -0.15) is 0 Å². The molecule has 3 heteroatoms. The standard InChI is InChI=1S/C23H31NO2/c1-3-4-5-6-18-26-22-16-14-21(15-17-22)24-23(25)9-7-8-20-12-10-19(2)11-13-20/h10-17H,3-9,18H2,1-2H3,(H,24,25). The van der Waals surface area contributed by atoms with Crippen molar-refractivity contribution in [2.75, 3.05) is 11.9 Å². The van der Waals surface area contributed by atoms with Crippen molar-refractivity contribution in [3.05, 3.63) is 59.7 Å². The third-order valence-corrected chi connectivity index (χ3v) is 4.39. The second-order valence-corrected chi connectivity index (χ2v) is 6.82. The number of rotatable bonds is 11. The minimum absolute atomic E-state index is 0.0605. The molecule has 2 aromatic rings. The SMILES string of the molecule is CCCCCCOc1ccc(NC(=O)CCCc2ccc(C)cc2)cc1. The summed E-state index contributed by atoms with van der Waals surface area (Å²) in [5.41, 5.74) is 3.37. The zero-order chi connectivity index (χ0) is 18.6. The van der Waals surface area contributed by atoms with Crippen molar-refractivity contribution in [2.45, 2.75) is 58.8 Å². The number of hydrogen-bond acceptors (Lipinski definition) is 2. The Morgan fingerprint density at radius 3 is 2.35 bits per heavy atom. The van der Waals surface area contributed by atoms with Crippen LogP contribution >= 0.6 is 0 Å². The summed E-state index contributed by atoms with van der Waals surface area (Å²) in [5, 5.41) is 2.95. The molecule has 0 unspecified atom stereocenters. The second-order valence-electron chi connectivity index (χ2n) is 6.82. The Bertz CT molecular complexity index is 647. The van der Waals surface area contributed by atoms with E-state index in [0.717, 1.165) is 37.3 Å². The largest absolute Gasteiger partial charge is 0.494 e. The second kappa shape index (κ2) is 11.3. The Kier molecular flexibility index (Phi) is 8.74. The first-order valence-corrected chi connectivity index (χ1v) is 9.75. The maximum Gasteiger partial charge on any atom is 0.224 e. The van der Waals surface area contributed by atoms with Crippen molar-refractivity contribution < 1.29 is 9.53 Å². The third-order valence-electron chi connectivity index (χ3n) is 4.39. The number of anilines is 1. The van der Waals surface area contributed by atoms with Crippen molar-refractivity contribution in [1.29, 1.82) is 0 Å². The molecule has 0 aliphatic rings. The molecule has 2 aromatic carbocycles. The number of nitrogens with one attached hydrogen (secondary N) is 1. The quantitative estimate of drug-likeness (QED) is 0.510. The lowest BCUT2D eigenvalue weighted by Crippen LogP contribution is -2.11. The van der Waals surface area contributed by atoms with Crippen molar-refractivity contribution in [2.24, 2.45) is 0 Å². The van der Waals surface area contributed by atoms with Gasteiger partial charge in [0.1, 0.15) is 5.75 Å². The maximum absolute atomic E-state index is 12.1. The minimum atomic E-state index is 0.0605. The summed E-state index contributed by atoms with van der Waals surface area (Å²) in [6, 6.07) is 16.1. The van der Waals surface area contributed by atoms with Crippen LogP contribution in [0.2, 0.25) is 0 Å². The number of hydrogen-bond donors (Lipinski definition) is 1. The average molecular weight is 354 g/mol. The first-order chi connectivity index (χ1) is 12.7. The average Bonchev–Trinajstić information content (AvgIpc) is 2.64. The first kappa shape index (κ1) is 20.0. The van der Waals surface area contributed by atoms with Crippen molar-refractivity contribution in [1.82, 2.24) is 0 Å². The maximum atomic E-state index is 12.1. The first-order valence-electron chi connectivity index (χ1n) is 9.75. The fraction of sp³-hybridized carbons (Fsp3) is 0.435. The highest BCUT2D eigenvalue weighted by Crippen LogP contribution is 2.17. The van der Waals surface area contributed by atoms with Crippen LogP contribution in [-0.4, -0.2) is 12.5 Å². The van der Waals surface area contributed by atoms with Crippen molar-refractivity contribution >= 4 is 11.6 Å². The van der Waals surface area contributed by atoms with Crippen molar-refractivity contribution in [3.63, 3.8) is 0 Å². The van der Waals surface area contributed by atoms with Gasteiger partial charge in [-0.3, -0.25) is 4.79 Å². The highest BCUT2D eigenvalue weighted by molar-refractivity contribution is 5.90. The molecule has 0 bridgehead atoms. The van der Waals surface area contributed by atoms with E-state index in [0.29, 0.717) is 6.42 Å². The van der Waals surface area contributed by atoms with E-state index in [4.69, 9.17) is 4.74 Å². The summed E-state index contributed by atoms with van der Waals surface area (Å²) >= 11 is 0. The van der Waals surface area contributed by atoms with E-state index >= 15 is 0 Å².